The van der Waals surface area contributed by atoms with Gasteiger partial charge >= 0.3 is 17.9 Å². The number of hydrogen-bond acceptors (Lipinski definition) is 9. The monoisotopic (exact) mass is 334 g/mol. The van der Waals surface area contributed by atoms with Crippen molar-refractivity contribution in [3.05, 3.63) is 25.3 Å². The zero-order valence-corrected chi connectivity index (χ0v) is 12.0. The van der Waals surface area contributed by atoms with Crippen molar-refractivity contribution in [3.63, 3.8) is 0 Å². The molecule has 0 aromatic heterocycles. The Balaban J connectivity index is 2.93. The van der Waals surface area contributed by atoms with Gasteiger partial charge in [0.25, 0.3) is 0 Å². The summed E-state index contributed by atoms with van der Waals surface area (Å²) in [5.74, 6) is -3.54. The first-order valence-corrected chi connectivity index (χ1v) is 6.76. The van der Waals surface area contributed by atoms with E-state index in [1.165, 1.54) is 0 Å². The molecule has 0 aliphatic carbocycles. The second-order valence-corrected chi connectivity index (χ2v) is 5.53. The zero-order chi connectivity index (χ0) is 16.9. The molecular formula is C12H14O9S. The third-order valence-corrected chi connectivity index (χ3v) is 3.91. The fourth-order valence-electron chi connectivity index (χ4n) is 1.53. The van der Waals surface area contributed by atoms with Crippen molar-refractivity contribution in [2.24, 2.45) is 0 Å². The number of hydrogen-bond donors (Lipinski definition) is 3. The van der Waals surface area contributed by atoms with Crippen LogP contribution in [0.4, 0.5) is 0 Å². The number of aliphatic carboxylic acids is 1. The van der Waals surface area contributed by atoms with Crippen LogP contribution in [0.15, 0.2) is 25.3 Å². The molecule has 1 rings (SSSR count). The van der Waals surface area contributed by atoms with E-state index >= 15 is 0 Å². The van der Waals surface area contributed by atoms with E-state index in [2.05, 4.69) is 22.9 Å². The van der Waals surface area contributed by atoms with Gasteiger partial charge in [-0.3, -0.25) is 4.89 Å². The van der Waals surface area contributed by atoms with E-state index in [1.54, 1.807) is 0 Å². The number of thioether (sulfide) groups is 1. The van der Waals surface area contributed by atoms with Crippen LogP contribution in [0, 0.1) is 0 Å². The van der Waals surface area contributed by atoms with Crippen LogP contribution in [0.2, 0.25) is 0 Å². The summed E-state index contributed by atoms with van der Waals surface area (Å²) >= 11 is 0.320. The number of aliphatic hydroxyl groups is 2. The topological polar surface area (TPSA) is 140 Å². The minimum atomic E-state index is -2.40. The van der Waals surface area contributed by atoms with Gasteiger partial charge in [0.05, 0.1) is 6.10 Å². The Kier molecular flexibility index (Phi) is 6.11. The lowest BCUT2D eigenvalue weighted by molar-refractivity contribution is -0.319. The number of rotatable bonds is 6. The van der Waals surface area contributed by atoms with Crippen molar-refractivity contribution >= 4 is 29.7 Å². The summed E-state index contributed by atoms with van der Waals surface area (Å²) in [5, 5.41) is 28.8. The minimum Gasteiger partial charge on any atom is -0.478 e. The first-order valence-electron chi connectivity index (χ1n) is 5.88. The Bertz CT molecular complexity index is 491. The van der Waals surface area contributed by atoms with Gasteiger partial charge in [-0.15, -0.1) is 0 Å². The number of esters is 1. The standard InChI is InChI=1S/C12H14O9S/c1-3-7(14)19-10-9(21-20-8(15)4-2)6(13)5-12(18,22-10)11(16)17/h3-4,6,9-10,13,18H,1-2,5H2,(H,16,17). The Hall–Kier alpha value is -1.88. The van der Waals surface area contributed by atoms with E-state index < -0.39 is 46.9 Å². The summed E-state index contributed by atoms with van der Waals surface area (Å²) < 4.78 is 4.82. The molecule has 4 unspecified atom stereocenters. The largest absolute Gasteiger partial charge is 0.478 e. The molecule has 0 aromatic rings. The van der Waals surface area contributed by atoms with E-state index in [9.17, 15) is 24.6 Å². The number of aliphatic hydroxyl groups excluding tert-OH is 1. The molecule has 0 amide bonds. The summed E-state index contributed by atoms with van der Waals surface area (Å²) in [5.41, 5.74) is -1.45. The lowest BCUT2D eigenvalue weighted by Gasteiger charge is -2.39. The van der Waals surface area contributed by atoms with Crippen LogP contribution in [0.5, 0.6) is 0 Å². The third kappa shape index (κ3) is 4.31. The number of carbonyl (C=O) groups is 3. The van der Waals surface area contributed by atoms with E-state index in [-0.39, 0.29) is 0 Å². The van der Waals surface area contributed by atoms with Gasteiger partial charge in [0.1, 0.15) is 0 Å². The molecule has 1 saturated heterocycles. The van der Waals surface area contributed by atoms with Crippen molar-refractivity contribution in [3.8, 4) is 0 Å². The second kappa shape index (κ2) is 7.40. The summed E-state index contributed by atoms with van der Waals surface area (Å²) in [6.07, 6.45) is -2.03. The lowest BCUT2D eigenvalue weighted by atomic mass is 10.1. The maximum absolute atomic E-state index is 11.3. The quantitative estimate of drug-likeness (QED) is 0.248. The SMILES string of the molecule is C=CC(=O)OOC1C(O)CC(O)(C(=O)O)SC1OC(=O)C=C. The van der Waals surface area contributed by atoms with Crippen molar-refractivity contribution in [1.29, 1.82) is 0 Å². The molecule has 0 radical (unpaired) electrons. The molecule has 0 saturated carbocycles. The molecule has 0 bridgehead atoms. The fourth-order valence-corrected chi connectivity index (χ4v) is 2.78. The van der Waals surface area contributed by atoms with Gasteiger partial charge in [-0.25, -0.2) is 14.4 Å². The molecule has 1 aliphatic rings. The van der Waals surface area contributed by atoms with Crippen LogP contribution >= 0.6 is 11.8 Å². The molecule has 1 fully saturated rings. The highest BCUT2D eigenvalue weighted by molar-refractivity contribution is 8.01. The van der Waals surface area contributed by atoms with Crippen LogP contribution in [0.3, 0.4) is 0 Å². The summed E-state index contributed by atoms with van der Waals surface area (Å²) in [6, 6.07) is 0. The molecule has 4 atom stereocenters. The molecule has 1 heterocycles. The lowest BCUT2D eigenvalue weighted by Crippen LogP contribution is -2.54. The summed E-state index contributed by atoms with van der Waals surface area (Å²) in [4.78, 5) is 39.9. The molecule has 10 heteroatoms. The van der Waals surface area contributed by atoms with Gasteiger partial charge in [-0.2, -0.15) is 4.89 Å². The third-order valence-electron chi connectivity index (χ3n) is 2.59. The van der Waals surface area contributed by atoms with Gasteiger partial charge in [-0.1, -0.05) is 24.9 Å². The molecule has 0 spiro atoms. The van der Waals surface area contributed by atoms with Crippen molar-refractivity contribution in [1.82, 2.24) is 0 Å². The average molecular weight is 334 g/mol. The van der Waals surface area contributed by atoms with Gasteiger partial charge in [0.15, 0.2) is 11.5 Å². The van der Waals surface area contributed by atoms with Crippen molar-refractivity contribution in [2.75, 3.05) is 0 Å². The number of ether oxygens (including phenoxy) is 1. The van der Waals surface area contributed by atoms with Crippen molar-refractivity contribution in [2.45, 2.75) is 29.0 Å². The number of carbonyl (C=O) groups excluding carboxylic acids is 2. The Morgan fingerprint density at radius 3 is 2.32 bits per heavy atom. The van der Waals surface area contributed by atoms with E-state index in [0.29, 0.717) is 11.8 Å². The minimum absolute atomic E-state index is 0.320. The molecule has 1 aliphatic heterocycles. The number of carboxylic acid groups (broad SMARTS) is 1. The summed E-state index contributed by atoms with van der Waals surface area (Å²) in [6.45, 7) is 6.30. The first-order chi connectivity index (χ1) is 10.2. The van der Waals surface area contributed by atoms with Gasteiger partial charge in [0.2, 0.25) is 4.93 Å². The van der Waals surface area contributed by atoms with Crippen LogP contribution in [0.25, 0.3) is 0 Å². The maximum atomic E-state index is 11.3. The predicted octanol–water partition coefficient (Wildman–Crippen LogP) is -0.658. The van der Waals surface area contributed by atoms with Crippen LogP contribution in [0.1, 0.15) is 6.42 Å². The predicted molar refractivity (Wildman–Crippen MR) is 72.0 cm³/mol. The molecule has 3 N–H and O–H groups in total. The van der Waals surface area contributed by atoms with E-state index in [4.69, 9.17) is 9.84 Å². The summed E-state index contributed by atoms with van der Waals surface area (Å²) in [7, 11) is 0. The van der Waals surface area contributed by atoms with Gasteiger partial charge < -0.3 is 20.1 Å². The first kappa shape index (κ1) is 18.2. The highest BCUT2D eigenvalue weighted by Gasteiger charge is 2.53. The van der Waals surface area contributed by atoms with E-state index in [0.717, 1.165) is 12.2 Å². The number of carboxylic acids is 1. The smallest absolute Gasteiger partial charge is 0.365 e. The van der Waals surface area contributed by atoms with Crippen LogP contribution < -0.4 is 0 Å². The van der Waals surface area contributed by atoms with Gasteiger partial charge in [0, 0.05) is 18.6 Å². The molecule has 22 heavy (non-hydrogen) atoms. The van der Waals surface area contributed by atoms with Crippen LogP contribution in [-0.2, 0) is 28.9 Å². The fraction of sp³-hybridized carbons (Fsp3) is 0.417. The average Bonchev–Trinajstić information content (AvgIpc) is 2.45. The van der Waals surface area contributed by atoms with E-state index in [1.807, 2.05) is 0 Å². The Labute approximate surface area is 129 Å². The second-order valence-electron chi connectivity index (χ2n) is 4.16. The van der Waals surface area contributed by atoms with Crippen molar-refractivity contribution < 1.29 is 44.2 Å². The highest BCUT2D eigenvalue weighted by atomic mass is 32.2. The van der Waals surface area contributed by atoms with Crippen LogP contribution in [-0.4, -0.2) is 55.8 Å². The normalized spacial score (nSPS) is 30.9. The maximum Gasteiger partial charge on any atom is 0.365 e. The van der Waals surface area contributed by atoms with Gasteiger partial charge in [-0.05, 0) is 0 Å². The molecule has 9 nitrogen and oxygen atoms in total. The molecular weight excluding hydrogens is 320 g/mol. The molecule has 122 valence electrons. The Morgan fingerprint density at radius 2 is 1.82 bits per heavy atom. The molecule has 0 aromatic carbocycles. The highest BCUT2D eigenvalue weighted by Crippen LogP contribution is 2.41. The Morgan fingerprint density at radius 1 is 1.23 bits per heavy atom. The zero-order valence-electron chi connectivity index (χ0n) is 11.2.